The van der Waals surface area contributed by atoms with Crippen LogP contribution in [0.3, 0.4) is 0 Å². The van der Waals surface area contributed by atoms with Crippen molar-refractivity contribution in [3.8, 4) is 0 Å². The fraction of sp³-hybridized carbons (Fsp3) is 0.571. The number of nitrogens with zero attached hydrogens (tertiary/aromatic N) is 3. The quantitative estimate of drug-likeness (QED) is 0.593. The smallest absolute Gasteiger partial charge is 0.0744 e. The van der Waals surface area contributed by atoms with Crippen molar-refractivity contribution < 1.29 is 0 Å². The molecule has 0 fully saturated rings. The van der Waals surface area contributed by atoms with E-state index >= 15 is 0 Å². The van der Waals surface area contributed by atoms with Gasteiger partial charge in [-0.2, -0.15) is 5.10 Å². The van der Waals surface area contributed by atoms with Crippen LogP contribution in [-0.4, -0.2) is 19.2 Å². The summed E-state index contributed by atoms with van der Waals surface area (Å²) < 4.78 is 3.19. The van der Waals surface area contributed by atoms with Crippen LogP contribution >= 0.6 is 22.6 Å². The molecule has 0 spiro atoms. The Morgan fingerprint density at radius 1 is 1.28 bits per heavy atom. The van der Waals surface area contributed by atoms with Crippen LogP contribution in [0.2, 0.25) is 0 Å². The van der Waals surface area contributed by atoms with E-state index in [0.717, 1.165) is 10.1 Å². The predicted octanol–water partition coefficient (Wildman–Crippen LogP) is 4.58. The van der Waals surface area contributed by atoms with Gasteiger partial charge in [0, 0.05) is 22.2 Å². The van der Waals surface area contributed by atoms with E-state index in [1.54, 1.807) is 0 Å². The fourth-order valence-corrected chi connectivity index (χ4v) is 2.21. The molecule has 100 valence electrons. The average molecular weight is 359 g/mol. The first-order chi connectivity index (χ1) is 8.65. The Morgan fingerprint density at radius 2 is 1.94 bits per heavy atom. The van der Waals surface area contributed by atoms with Gasteiger partial charge < -0.3 is 0 Å². The molecule has 0 aliphatic carbocycles. The molecule has 2 heterocycles. The summed E-state index contributed by atoms with van der Waals surface area (Å²) in [5.41, 5.74) is 2.35. The van der Waals surface area contributed by atoms with E-state index in [-0.39, 0.29) is 0 Å². The summed E-state index contributed by atoms with van der Waals surface area (Å²) in [5.74, 6) is 0.439. The lowest BCUT2D eigenvalue weighted by atomic mass is 10.1. The molecule has 0 saturated heterocycles. The third-order valence-corrected chi connectivity index (χ3v) is 4.00. The van der Waals surface area contributed by atoms with Crippen molar-refractivity contribution in [2.75, 3.05) is 4.43 Å². The monoisotopic (exact) mass is 359 g/mol. The molecule has 1 atom stereocenters. The zero-order valence-corrected chi connectivity index (χ0v) is 14.0. The number of aromatic nitrogens is 3. The minimum Gasteiger partial charge on any atom is -0.264 e. The van der Waals surface area contributed by atoms with Gasteiger partial charge in [0.25, 0.3) is 0 Å². The van der Waals surface area contributed by atoms with Crippen LogP contribution in [0.25, 0.3) is 10.9 Å². The second-order valence-electron chi connectivity index (χ2n) is 4.38. The highest BCUT2D eigenvalue weighted by molar-refractivity contribution is 14.1. The minimum absolute atomic E-state index is 0.429. The molecule has 18 heavy (non-hydrogen) atoms. The summed E-state index contributed by atoms with van der Waals surface area (Å²) in [5, 5.41) is 5.92. The number of pyridine rings is 1. The van der Waals surface area contributed by atoms with Gasteiger partial charge in [-0.05, 0) is 18.9 Å². The number of halogens is 1. The number of rotatable bonds is 3. The van der Waals surface area contributed by atoms with E-state index in [1.165, 1.54) is 10.9 Å². The van der Waals surface area contributed by atoms with Gasteiger partial charge in [-0.15, -0.1) is 0 Å². The maximum absolute atomic E-state index is 4.73. The van der Waals surface area contributed by atoms with E-state index in [0.29, 0.717) is 12.0 Å². The lowest BCUT2D eigenvalue weighted by Crippen LogP contribution is -2.08. The van der Waals surface area contributed by atoms with Gasteiger partial charge in [-0.1, -0.05) is 50.3 Å². The number of alkyl halides is 1. The molecule has 2 aromatic heterocycles. The molecule has 2 aromatic rings. The normalized spacial score (nSPS) is 12.4. The van der Waals surface area contributed by atoms with Gasteiger partial charge in [-0.3, -0.25) is 9.67 Å². The van der Waals surface area contributed by atoms with E-state index in [1.807, 2.05) is 26.2 Å². The average Bonchev–Trinajstić information content (AvgIpc) is 2.80. The minimum atomic E-state index is 0.429. The van der Waals surface area contributed by atoms with Crippen LogP contribution in [0.4, 0.5) is 0 Å². The summed E-state index contributed by atoms with van der Waals surface area (Å²) in [7, 11) is 0. The fourth-order valence-electron chi connectivity index (χ4n) is 1.84. The zero-order valence-electron chi connectivity index (χ0n) is 11.8. The van der Waals surface area contributed by atoms with Crippen molar-refractivity contribution in [2.45, 2.75) is 46.6 Å². The van der Waals surface area contributed by atoms with Gasteiger partial charge in [-0.25, -0.2) is 0 Å². The Kier molecular flexibility index (Phi) is 6.05. The maximum Gasteiger partial charge on any atom is 0.0744 e. The zero-order chi connectivity index (χ0) is 13.7. The Bertz CT molecular complexity index is 491. The van der Waals surface area contributed by atoms with Gasteiger partial charge in [0.1, 0.15) is 0 Å². The van der Waals surface area contributed by atoms with Crippen LogP contribution in [0, 0.1) is 0 Å². The number of hydrogen-bond donors (Lipinski definition) is 0. The van der Waals surface area contributed by atoms with Crippen LogP contribution < -0.4 is 0 Å². The standard InChI is InChI=1S/C12H16IN3.C2H6/c1-8(2)12-10-7-14-5-4-11(10)16(15-12)9(3)6-13;1-2/h4-5,7-9H,6H2,1-3H3;1-2H3. The van der Waals surface area contributed by atoms with E-state index in [9.17, 15) is 0 Å². The lowest BCUT2D eigenvalue weighted by molar-refractivity contribution is 0.552. The molecule has 0 bridgehead atoms. The molecule has 0 N–H and O–H groups in total. The first kappa shape index (κ1) is 15.4. The molecule has 0 aliphatic heterocycles. The molecule has 0 aliphatic rings. The largest absolute Gasteiger partial charge is 0.264 e. The van der Waals surface area contributed by atoms with Crippen molar-refractivity contribution in [1.29, 1.82) is 0 Å². The van der Waals surface area contributed by atoms with E-state index in [4.69, 9.17) is 5.10 Å². The Morgan fingerprint density at radius 3 is 2.50 bits per heavy atom. The highest BCUT2D eigenvalue weighted by Gasteiger charge is 2.15. The molecule has 3 nitrogen and oxygen atoms in total. The summed E-state index contributed by atoms with van der Waals surface area (Å²) in [6.07, 6.45) is 3.76. The summed E-state index contributed by atoms with van der Waals surface area (Å²) >= 11 is 2.40. The molecule has 0 radical (unpaired) electrons. The summed E-state index contributed by atoms with van der Waals surface area (Å²) in [6.45, 7) is 10.5. The Balaban J connectivity index is 0.000000771. The number of hydrogen-bond acceptors (Lipinski definition) is 2. The molecular weight excluding hydrogens is 337 g/mol. The SMILES string of the molecule is CC.CC(C)c1nn(C(C)CI)c2ccncc12. The molecule has 0 saturated carbocycles. The van der Waals surface area contributed by atoms with Crippen molar-refractivity contribution in [3.63, 3.8) is 0 Å². The highest BCUT2D eigenvalue weighted by Crippen LogP contribution is 2.26. The first-order valence-electron chi connectivity index (χ1n) is 6.53. The summed E-state index contributed by atoms with van der Waals surface area (Å²) in [4.78, 5) is 4.20. The highest BCUT2D eigenvalue weighted by atomic mass is 127. The van der Waals surface area contributed by atoms with Crippen molar-refractivity contribution in [1.82, 2.24) is 14.8 Å². The molecular formula is C14H22IN3. The van der Waals surface area contributed by atoms with E-state index in [2.05, 4.69) is 59.1 Å². The van der Waals surface area contributed by atoms with Gasteiger partial charge in [0.2, 0.25) is 0 Å². The topological polar surface area (TPSA) is 30.7 Å². The van der Waals surface area contributed by atoms with Crippen molar-refractivity contribution in [2.24, 2.45) is 0 Å². The third kappa shape index (κ3) is 3.02. The van der Waals surface area contributed by atoms with Crippen molar-refractivity contribution in [3.05, 3.63) is 24.2 Å². The molecule has 0 aromatic carbocycles. The van der Waals surface area contributed by atoms with Crippen LogP contribution in [-0.2, 0) is 0 Å². The Hall–Kier alpha value is -0.650. The Labute approximate surface area is 123 Å². The predicted molar refractivity (Wildman–Crippen MR) is 86.6 cm³/mol. The molecule has 1 unspecified atom stereocenters. The van der Waals surface area contributed by atoms with E-state index < -0.39 is 0 Å². The second-order valence-corrected chi connectivity index (χ2v) is 5.26. The second kappa shape index (κ2) is 7.07. The summed E-state index contributed by atoms with van der Waals surface area (Å²) in [6, 6.07) is 2.48. The first-order valence-corrected chi connectivity index (χ1v) is 8.05. The lowest BCUT2D eigenvalue weighted by Gasteiger charge is -2.09. The molecule has 2 rings (SSSR count). The third-order valence-electron chi connectivity index (χ3n) is 2.72. The van der Waals surface area contributed by atoms with Gasteiger partial charge >= 0.3 is 0 Å². The van der Waals surface area contributed by atoms with Crippen molar-refractivity contribution >= 4 is 33.5 Å². The molecule has 0 amide bonds. The number of fused-ring (bicyclic) bond motifs is 1. The maximum atomic E-state index is 4.73. The molecule has 4 heteroatoms. The van der Waals surface area contributed by atoms with Gasteiger partial charge in [0.05, 0.1) is 17.3 Å². The van der Waals surface area contributed by atoms with Crippen LogP contribution in [0.15, 0.2) is 18.5 Å². The van der Waals surface area contributed by atoms with Crippen LogP contribution in [0.1, 0.15) is 52.3 Å². The van der Waals surface area contributed by atoms with Crippen LogP contribution in [0.5, 0.6) is 0 Å². The van der Waals surface area contributed by atoms with Gasteiger partial charge in [0.15, 0.2) is 0 Å².